The molecule has 0 radical (unpaired) electrons. The third-order valence-electron chi connectivity index (χ3n) is 4.15. The number of sulfonamides is 1. The third-order valence-corrected chi connectivity index (χ3v) is 5.68. The number of aromatic nitrogens is 2. The maximum atomic E-state index is 12.4. The Morgan fingerprint density at radius 3 is 2.65 bits per heavy atom. The van der Waals surface area contributed by atoms with Gasteiger partial charge in [-0.05, 0) is 32.6 Å². The van der Waals surface area contributed by atoms with Crippen molar-refractivity contribution in [2.75, 3.05) is 0 Å². The molecule has 1 aromatic rings. The third kappa shape index (κ3) is 3.21. The maximum absolute atomic E-state index is 12.4. The Morgan fingerprint density at radius 2 is 2.05 bits per heavy atom. The van der Waals surface area contributed by atoms with Crippen molar-refractivity contribution in [3.05, 3.63) is 11.3 Å². The van der Waals surface area contributed by atoms with Crippen molar-refractivity contribution in [2.45, 2.75) is 63.6 Å². The lowest BCUT2D eigenvalue weighted by Crippen LogP contribution is -2.39. The van der Waals surface area contributed by atoms with Crippen molar-refractivity contribution >= 4 is 10.0 Å². The van der Waals surface area contributed by atoms with E-state index in [1.165, 1.54) is 19.3 Å². The van der Waals surface area contributed by atoms with Crippen molar-refractivity contribution in [3.8, 4) is 0 Å². The highest BCUT2D eigenvalue weighted by Crippen LogP contribution is 2.27. The largest absolute Gasteiger partial charge is 0.392 e. The molecular weight excluding hydrogens is 278 g/mol. The number of nitrogens with one attached hydrogen (secondary N) is 2. The quantitative estimate of drug-likeness (QED) is 0.767. The van der Waals surface area contributed by atoms with Gasteiger partial charge in [-0.3, -0.25) is 5.10 Å². The number of hydrogen-bond donors (Lipinski definition) is 3. The van der Waals surface area contributed by atoms with E-state index >= 15 is 0 Å². The van der Waals surface area contributed by atoms with Gasteiger partial charge in [0, 0.05) is 17.3 Å². The molecule has 1 fully saturated rings. The Balaban J connectivity index is 2.13. The van der Waals surface area contributed by atoms with E-state index < -0.39 is 10.0 Å². The topological polar surface area (TPSA) is 95.1 Å². The molecule has 0 bridgehead atoms. The summed E-state index contributed by atoms with van der Waals surface area (Å²) in [6.45, 7) is 3.27. The first-order chi connectivity index (χ1) is 9.45. The lowest BCUT2D eigenvalue weighted by atomic mass is 9.85. The number of aromatic amines is 1. The summed E-state index contributed by atoms with van der Waals surface area (Å²) in [7, 11) is -3.68. The molecule has 1 aromatic heterocycles. The van der Waals surface area contributed by atoms with E-state index in [9.17, 15) is 13.5 Å². The zero-order chi connectivity index (χ0) is 14.8. The summed E-state index contributed by atoms with van der Waals surface area (Å²) < 4.78 is 27.5. The summed E-state index contributed by atoms with van der Waals surface area (Å²) in [5.41, 5.74) is 0.923. The monoisotopic (exact) mass is 301 g/mol. The lowest BCUT2D eigenvalue weighted by molar-refractivity contribution is 0.277. The van der Waals surface area contributed by atoms with Gasteiger partial charge in [-0.25, -0.2) is 13.1 Å². The van der Waals surface area contributed by atoms with Gasteiger partial charge in [0.15, 0.2) is 5.03 Å². The van der Waals surface area contributed by atoms with Gasteiger partial charge in [-0.15, -0.1) is 0 Å². The first-order valence-electron chi connectivity index (χ1n) is 7.12. The molecule has 3 N–H and O–H groups in total. The second-order valence-electron chi connectivity index (χ2n) is 5.60. The number of aryl methyl sites for hydroxylation is 1. The molecule has 0 aromatic carbocycles. The Labute approximate surface area is 120 Å². The van der Waals surface area contributed by atoms with E-state index in [0.717, 1.165) is 12.8 Å². The fraction of sp³-hybridized carbons (Fsp3) is 0.769. The maximum Gasteiger partial charge on any atom is 0.260 e. The van der Waals surface area contributed by atoms with Crippen molar-refractivity contribution in [1.29, 1.82) is 0 Å². The standard InChI is InChI=1S/C13H23N3O3S/c1-9(11-6-4-3-5-7-11)16-20(18,19)13-12(8-17)10(2)14-15-13/h9,11,16-17H,3-8H2,1-2H3,(H,14,15). The molecule has 1 unspecified atom stereocenters. The Bertz CT molecular complexity index is 547. The first kappa shape index (κ1) is 15.5. The molecule has 1 aliphatic rings. The highest BCUT2D eigenvalue weighted by molar-refractivity contribution is 7.89. The van der Waals surface area contributed by atoms with Crippen LogP contribution in [0.3, 0.4) is 0 Å². The van der Waals surface area contributed by atoms with Crippen LogP contribution in [0.25, 0.3) is 0 Å². The van der Waals surface area contributed by atoms with Gasteiger partial charge in [0.25, 0.3) is 10.0 Å². The molecule has 0 amide bonds. The van der Waals surface area contributed by atoms with Gasteiger partial charge >= 0.3 is 0 Å². The molecule has 1 aliphatic carbocycles. The van der Waals surface area contributed by atoms with Crippen molar-refractivity contribution < 1.29 is 13.5 Å². The molecule has 0 aliphatic heterocycles. The second kappa shape index (κ2) is 6.24. The SMILES string of the molecule is Cc1[nH]nc(S(=O)(=O)NC(C)C2CCCCC2)c1CO. The zero-order valence-electron chi connectivity index (χ0n) is 12.0. The summed E-state index contributed by atoms with van der Waals surface area (Å²) in [6, 6.07) is -0.108. The fourth-order valence-corrected chi connectivity index (χ4v) is 4.37. The summed E-state index contributed by atoms with van der Waals surface area (Å²) in [5, 5.41) is 15.6. The van der Waals surface area contributed by atoms with Crippen molar-refractivity contribution in [2.24, 2.45) is 5.92 Å². The van der Waals surface area contributed by atoms with Crippen LogP contribution in [0.1, 0.15) is 50.3 Å². The van der Waals surface area contributed by atoms with Crippen LogP contribution >= 0.6 is 0 Å². The van der Waals surface area contributed by atoms with Gasteiger partial charge in [0.05, 0.1) is 6.61 Å². The van der Waals surface area contributed by atoms with Crippen molar-refractivity contribution in [1.82, 2.24) is 14.9 Å². The molecule has 0 saturated heterocycles. The molecule has 2 rings (SSSR count). The molecule has 1 atom stereocenters. The van der Waals surface area contributed by atoms with Crippen molar-refractivity contribution in [3.63, 3.8) is 0 Å². The van der Waals surface area contributed by atoms with E-state index in [-0.39, 0.29) is 17.7 Å². The summed E-state index contributed by atoms with van der Waals surface area (Å²) in [4.78, 5) is 0. The molecule has 1 saturated carbocycles. The Kier molecular flexibility index (Phi) is 4.82. The minimum absolute atomic E-state index is 0.0832. The minimum Gasteiger partial charge on any atom is -0.392 e. The predicted molar refractivity (Wildman–Crippen MR) is 75.6 cm³/mol. The normalized spacial score (nSPS) is 19.1. The Hall–Kier alpha value is -0.920. The van der Waals surface area contributed by atoms with Crippen LogP contribution in [0.4, 0.5) is 0 Å². The van der Waals surface area contributed by atoms with Crippen LogP contribution in [0.5, 0.6) is 0 Å². The van der Waals surface area contributed by atoms with Crippen LogP contribution in [0.15, 0.2) is 5.03 Å². The first-order valence-corrected chi connectivity index (χ1v) is 8.61. The minimum atomic E-state index is -3.68. The smallest absolute Gasteiger partial charge is 0.260 e. The molecular formula is C13H23N3O3S. The predicted octanol–water partition coefficient (Wildman–Crippen LogP) is 1.46. The zero-order valence-corrected chi connectivity index (χ0v) is 12.8. The summed E-state index contributed by atoms with van der Waals surface area (Å²) in [6.07, 6.45) is 5.70. The lowest BCUT2D eigenvalue weighted by Gasteiger charge is -2.27. The van der Waals surface area contributed by atoms with Crippen LogP contribution < -0.4 is 4.72 Å². The van der Waals surface area contributed by atoms with Gasteiger partial charge < -0.3 is 5.11 Å². The number of nitrogens with zero attached hydrogens (tertiary/aromatic N) is 1. The van der Waals surface area contributed by atoms with Crippen LogP contribution in [-0.4, -0.2) is 29.8 Å². The van der Waals surface area contributed by atoms with Gasteiger partial charge in [0.2, 0.25) is 0 Å². The molecule has 7 heteroatoms. The van der Waals surface area contributed by atoms with E-state index in [2.05, 4.69) is 14.9 Å². The molecule has 20 heavy (non-hydrogen) atoms. The molecule has 1 heterocycles. The fourth-order valence-electron chi connectivity index (χ4n) is 2.87. The summed E-state index contributed by atoms with van der Waals surface area (Å²) >= 11 is 0. The van der Waals surface area contributed by atoms with E-state index in [1.54, 1.807) is 6.92 Å². The number of rotatable bonds is 5. The number of aliphatic hydroxyl groups is 1. The van der Waals surface area contributed by atoms with Gasteiger partial charge in [-0.2, -0.15) is 5.10 Å². The average Bonchev–Trinajstić information content (AvgIpc) is 2.81. The van der Waals surface area contributed by atoms with Gasteiger partial charge in [-0.1, -0.05) is 19.3 Å². The average molecular weight is 301 g/mol. The number of aliphatic hydroxyl groups excluding tert-OH is 1. The second-order valence-corrected chi connectivity index (χ2v) is 7.23. The van der Waals surface area contributed by atoms with Crippen LogP contribution in [-0.2, 0) is 16.6 Å². The molecule has 6 nitrogen and oxygen atoms in total. The van der Waals surface area contributed by atoms with E-state index in [4.69, 9.17) is 0 Å². The number of hydrogen-bond acceptors (Lipinski definition) is 4. The van der Waals surface area contributed by atoms with Gasteiger partial charge in [0.1, 0.15) is 0 Å². The highest BCUT2D eigenvalue weighted by atomic mass is 32.2. The summed E-state index contributed by atoms with van der Waals surface area (Å²) in [5.74, 6) is 0.385. The molecule has 0 spiro atoms. The van der Waals surface area contributed by atoms with Crippen LogP contribution in [0.2, 0.25) is 0 Å². The molecule has 114 valence electrons. The van der Waals surface area contributed by atoms with Crippen LogP contribution in [0, 0.1) is 12.8 Å². The highest BCUT2D eigenvalue weighted by Gasteiger charge is 2.28. The Morgan fingerprint density at radius 1 is 1.40 bits per heavy atom. The van der Waals surface area contributed by atoms with E-state index in [0.29, 0.717) is 17.2 Å². The number of H-pyrrole nitrogens is 1. The van der Waals surface area contributed by atoms with E-state index in [1.807, 2.05) is 6.92 Å².